The summed E-state index contributed by atoms with van der Waals surface area (Å²) in [6.45, 7) is 2.19. The third-order valence-corrected chi connectivity index (χ3v) is 3.16. The SMILES string of the molecule is CC(N)Cc1cc(F)c(N(C)Cc2cccnc2)c(F)c1. The van der Waals surface area contributed by atoms with Crippen LogP contribution >= 0.6 is 0 Å². The first-order valence-corrected chi connectivity index (χ1v) is 6.81. The van der Waals surface area contributed by atoms with Crippen molar-refractivity contribution >= 4 is 5.69 Å². The first-order valence-electron chi connectivity index (χ1n) is 6.81. The zero-order chi connectivity index (χ0) is 15.4. The molecule has 3 nitrogen and oxygen atoms in total. The van der Waals surface area contributed by atoms with E-state index in [-0.39, 0.29) is 11.7 Å². The zero-order valence-electron chi connectivity index (χ0n) is 12.2. The number of benzene rings is 1. The van der Waals surface area contributed by atoms with Gasteiger partial charge < -0.3 is 10.6 Å². The molecule has 1 unspecified atom stereocenters. The molecule has 0 fully saturated rings. The minimum atomic E-state index is -0.572. The Kier molecular flexibility index (Phi) is 4.85. The molecule has 21 heavy (non-hydrogen) atoms. The van der Waals surface area contributed by atoms with Crippen molar-refractivity contribution in [2.45, 2.75) is 25.9 Å². The third kappa shape index (κ3) is 3.98. The van der Waals surface area contributed by atoms with Crippen molar-refractivity contribution < 1.29 is 8.78 Å². The van der Waals surface area contributed by atoms with Gasteiger partial charge in [0.15, 0.2) is 0 Å². The van der Waals surface area contributed by atoms with Crippen LogP contribution in [0.2, 0.25) is 0 Å². The van der Waals surface area contributed by atoms with Crippen molar-refractivity contribution in [3.63, 3.8) is 0 Å². The Morgan fingerprint density at radius 3 is 2.43 bits per heavy atom. The lowest BCUT2D eigenvalue weighted by molar-refractivity contribution is 0.571. The van der Waals surface area contributed by atoms with Gasteiger partial charge >= 0.3 is 0 Å². The molecular formula is C16H19F2N3. The Morgan fingerprint density at radius 1 is 1.24 bits per heavy atom. The summed E-state index contributed by atoms with van der Waals surface area (Å²) < 4.78 is 28.4. The number of aromatic nitrogens is 1. The molecule has 0 bridgehead atoms. The van der Waals surface area contributed by atoms with Crippen LogP contribution in [0.3, 0.4) is 0 Å². The number of halogens is 2. The van der Waals surface area contributed by atoms with E-state index in [1.54, 1.807) is 32.4 Å². The van der Waals surface area contributed by atoms with Crippen molar-refractivity contribution in [1.29, 1.82) is 0 Å². The summed E-state index contributed by atoms with van der Waals surface area (Å²) in [4.78, 5) is 5.53. The number of hydrogen-bond donors (Lipinski definition) is 1. The highest BCUT2D eigenvalue weighted by Gasteiger charge is 2.16. The van der Waals surface area contributed by atoms with Crippen molar-refractivity contribution in [2.24, 2.45) is 5.73 Å². The van der Waals surface area contributed by atoms with Gasteiger partial charge in [-0.3, -0.25) is 4.98 Å². The molecule has 2 aromatic rings. The Balaban J connectivity index is 2.23. The summed E-state index contributed by atoms with van der Waals surface area (Å²) in [5.41, 5.74) is 7.08. The molecule has 0 aliphatic heterocycles. The van der Waals surface area contributed by atoms with E-state index < -0.39 is 11.6 Å². The number of rotatable bonds is 5. The van der Waals surface area contributed by atoms with E-state index in [0.717, 1.165) is 5.56 Å². The van der Waals surface area contributed by atoms with Crippen LogP contribution in [-0.2, 0) is 13.0 Å². The number of nitrogens with two attached hydrogens (primary N) is 1. The normalized spacial score (nSPS) is 12.2. The van der Waals surface area contributed by atoms with Gasteiger partial charge in [-0.05, 0) is 42.7 Å². The van der Waals surface area contributed by atoms with Crippen molar-refractivity contribution in [3.8, 4) is 0 Å². The second-order valence-electron chi connectivity index (χ2n) is 5.31. The molecular weight excluding hydrogens is 272 g/mol. The fourth-order valence-corrected chi connectivity index (χ4v) is 2.32. The van der Waals surface area contributed by atoms with Gasteiger partial charge in [0.1, 0.15) is 17.3 Å². The molecule has 0 saturated heterocycles. The quantitative estimate of drug-likeness (QED) is 0.921. The monoisotopic (exact) mass is 291 g/mol. The van der Waals surface area contributed by atoms with E-state index in [0.29, 0.717) is 18.5 Å². The second kappa shape index (κ2) is 6.63. The van der Waals surface area contributed by atoms with Crippen LogP contribution in [-0.4, -0.2) is 18.1 Å². The fourth-order valence-electron chi connectivity index (χ4n) is 2.32. The summed E-state index contributed by atoms with van der Waals surface area (Å²) in [5.74, 6) is -1.14. The smallest absolute Gasteiger partial charge is 0.149 e. The van der Waals surface area contributed by atoms with E-state index in [2.05, 4.69) is 4.98 Å². The number of anilines is 1. The predicted octanol–water partition coefficient (Wildman–Crippen LogP) is 2.89. The lowest BCUT2D eigenvalue weighted by Crippen LogP contribution is -2.21. The maximum Gasteiger partial charge on any atom is 0.149 e. The minimum absolute atomic E-state index is 0.0349. The van der Waals surface area contributed by atoms with Crippen LogP contribution < -0.4 is 10.6 Å². The summed E-state index contributed by atoms with van der Waals surface area (Å²) in [6.07, 6.45) is 3.78. The molecule has 112 valence electrons. The van der Waals surface area contributed by atoms with E-state index in [4.69, 9.17) is 5.73 Å². The summed E-state index contributed by atoms with van der Waals surface area (Å²) in [7, 11) is 1.65. The molecule has 0 spiro atoms. The summed E-state index contributed by atoms with van der Waals surface area (Å²) in [5, 5.41) is 0. The maximum absolute atomic E-state index is 14.2. The highest BCUT2D eigenvalue weighted by Crippen LogP contribution is 2.25. The van der Waals surface area contributed by atoms with Gasteiger partial charge in [0, 0.05) is 32.0 Å². The minimum Gasteiger partial charge on any atom is -0.365 e. The molecule has 0 aliphatic carbocycles. The maximum atomic E-state index is 14.2. The number of pyridine rings is 1. The molecule has 2 rings (SSSR count). The van der Waals surface area contributed by atoms with E-state index >= 15 is 0 Å². The molecule has 0 aliphatic rings. The van der Waals surface area contributed by atoms with Gasteiger partial charge in [0.05, 0.1) is 0 Å². The molecule has 0 amide bonds. The van der Waals surface area contributed by atoms with Crippen LogP contribution in [0, 0.1) is 11.6 Å². The Bertz CT molecular complexity index is 577. The Morgan fingerprint density at radius 2 is 1.90 bits per heavy atom. The Labute approximate surface area is 123 Å². The van der Waals surface area contributed by atoms with Crippen molar-refractivity contribution in [3.05, 3.63) is 59.4 Å². The van der Waals surface area contributed by atoms with Crippen LogP contribution in [0.15, 0.2) is 36.7 Å². The van der Waals surface area contributed by atoms with E-state index in [1.165, 1.54) is 17.0 Å². The van der Waals surface area contributed by atoms with Gasteiger partial charge in [-0.25, -0.2) is 8.78 Å². The summed E-state index contributed by atoms with van der Waals surface area (Å²) in [6, 6.07) is 6.22. The fraction of sp³-hybridized carbons (Fsp3) is 0.312. The summed E-state index contributed by atoms with van der Waals surface area (Å²) >= 11 is 0. The second-order valence-corrected chi connectivity index (χ2v) is 5.31. The van der Waals surface area contributed by atoms with Gasteiger partial charge in [-0.1, -0.05) is 6.07 Å². The number of nitrogens with zero attached hydrogens (tertiary/aromatic N) is 2. The van der Waals surface area contributed by atoms with Crippen LogP contribution in [0.5, 0.6) is 0 Å². The van der Waals surface area contributed by atoms with Gasteiger partial charge in [-0.15, -0.1) is 0 Å². The largest absolute Gasteiger partial charge is 0.365 e. The van der Waals surface area contributed by atoms with Crippen LogP contribution in [0.1, 0.15) is 18.1 Å². The lowest BCUT2D eigenvalue weighted by Gasteiger charge is -2.21. The van der Waals surface area contributed by atoms with Crippen LogP contribution in [0.4, 0.5) is 14.5 Å². The standard InChI is InChI=1S/C16H19F2N3/c1-11(19)6-13-7-14(17)16(15(18)8-13)21(2)10-12-4-3-5-20-9-12/h3-5,7-9,11H,6,10,19H2,1-2H3. The molecule has 1 aromatic heterocycles. The third-order valence-electron chi connectivity index (χ3n) is 3.16. The highest BCUT2D eigenvalue weighted by molar-refractivity contribution is 5.50. The molecule has 1 atom stereocenters. The van der Waals surface area contributed by atoms with Crippen molar-refractivity contribution in [2.75, 3.05) is 11.9 Å². The zero-order valence-corrected chi connectivity index (χ0v) is 12.2. The topological polar surface area (TPSA) is 42.1 Å². The average Bonchev–Trinajstić information content (AvgIpc) is 2.38. The first kappa shape index (κ1) is 15.4. The van der Waals surface area contributed by atoms with Gasteiger partial charge in [-0.2, -0.15) is 0 Å². The highest BCUT2D eigenvalue weighted by atomic mass is 19.1. The molecule has 1 heterocycles. The van der Waals surface area contributed by atoms with E-state index in [1.807, 2.05) is 6.07 Å². The molecule has 2 N–H and O–H groups in total. The first-order chi connectivity index (χ1) is 9.97. The predicted molar refractivity (Wildman–Crippen MR) is 80.1 cm³/mol. The molecule has 1 aromatic carbocycles. The molecule has 0 saturated carbocycles. The average molecular weight is 291 g/mol. The van der Waals surface area contributed by atoms with Crippen LogP contribution in [0.25, 0.3) is 0 Å². The van der Waals surface area contributed by atoms with Gasteiger partial charge in [0.2, 0.25) is 0 Å². The number of hydrogen-bond acceptors (Lipinski definition) is 3. The molecule has 5 heteroatoms. The lowest BCUT2D eigenvalue weighted by atomic mass is 10.1. The van der Waals surface area contributed by atoms with Gasteiger partial charge in [0.25, 0.3) is 0 Å². The van der Waals surface area contributed by atoms with Crippen molar-refractivity contribution in [1.82, 2.24) is 4.98 Å². The molecule has 0 radical (unpaired) electrons. The Hall–Kier alpha value is -2.01. The van der Waals surface area contributed by atoms with E-state index in [9.17, 15) is 8.78 Å².